The van der Waals surface area contributed by atoms with Crippen LogP contribution in [0.3, 0.4) is 0 Å². The van der Waals surface area contributed by atoms with Crippen LogP contribution < -0.4 is 5.32 Å². The molecule has 2 unspecified atom stereocenters. The lowest BCUT2D eigenvalue weighted by atomic mass is 10.0. The highest BCUT2D eigenvalue weighted by molar-refractivity contribution is 9.10. The topological polar surface area (TPSA) is 52.6 Å². The maximum Gasteiger partial charge on any atom is 0.317 e. The number of carbonyl (C=O) groups is 1. The summed E-state index contributed by atoms with van der Waals surface area (Å²) in [6.45, 7) is 3.22. The van der Waals surface area contributed by atoms with Crippen molar-refractivity contribution < 1.29 is 14.3 Å². The second kappa shape index (κ2) is 7.92. The molecule has 1 aliphatic rings. The molecule has 1 aromatic rings. The number of urea groups is 1. The number of aliphatic hydroxyl groups excluding tert-OH is 1. The minimum Gasteiger partial charge on any atom is -0.394 e. The largest absolute Gasteiger partial charge is 0.394 e. The number of nitrogens with one attached hydrogen (secondary N) is 1. The summed E-state index contributed by atoms with van der Waals surface area (Å²) in [5, 5.41) is 12.2. The second-order valence-corrected chi connectivity index (χ2v) is 6.70. The summed E-state index contributed by atoms with van der Waals surface area (Å²) in [5.41, 5.74) is 0.653. The van der Waals surface area contributed by atoms with Gasteiger partial charge >= 0.3 is 6.03 Å². The average Bonchev–Trinajstić information content (AvgIpc) is 2.86. The van der Waals surface area contributed by atoms with Gasteiger partial charge in [0.05, 0.1) is 12.6 Å². The molecular formula is C16H22BrFN2O2. The Morgan fingerprint density at radius 1 is 1.55 bits per heavy atom. The van der Waals surface area contributed by atoms with Crippen LogP contribution in [0.2, 0.25) is 0 Å². The summed E-state index contributed by atoms with van der Waals surface area (Å²) in [6.07, 6.45) is 2.18. The molecule has 122 valence electrons. The van der Waals surface area contributed by atoms with Crippen LogP contribution in [-0.2, 0) is 6.42 Å². The summed E-state index contributed by atoms with van der Waals surface area (Å²) in [7, 11) is 0. The molecule has 1 heterocycles. The maximum absolute atomic E-state index is 13.7. The van der Waals surface area contributed by atoms with Gasteiger partial charge in [0.25, 0.3) is 0 Å². The Kier molecular flexibility index (Phi) is 6.20. The van der Waals surface area contributed by atoms with Gasteiger partial charge in [0.15, 0.2) is 0 Å². The zero-order chi connectivity index (χ0) is 16.1. The number of aliphatic hydroxyl groups is 1. The van der Waals surface area contributed by atoms with Gasteiger partial charge in [-0.25, -0.2) is 9.18 Å². The lowest BCUT2D eigenvalue weighted by Gasteiger charge is -2.25. The smallest absolute Gasteiger partial charge is 0.317 e. The number of likely N-dealkylation sites (tertiary alicyclic amines) is 1. The summed E-state index contributed by atoms with van der Waals surface area (Å²) >= 11 is 3.23. The molecule has 0 radical (unpaired) electrons. The van der Waals surface area contributed by atoms with Crippen LogP contribution in [0.25, 0.3) is 0 Å². The van der Waals surface area contributed by atoms with Gasteiger partial charge in [-0.05, 0) is 42.9 Å². The molecule has 0 bridgehead atoms. The average molecular weight is 373 g/mol. The molecule has 1 aromatic carbocycles. The Balaban J connectivity index is 1.75. The molecule has 0 saturated carbocycles. The fourth-order valence-corrected chi connectivity index (χ4v) is 3.17. The molecule has 22 heavy (non-hydrogen) atoms. The van der Waals surface area contributed by atoms with Crippen molar-refractivity contribution in [1.82, 2.24) is 10.2 Å². The fourth-order valence-electron chi connectivity index (χ4n) is 2.84. The molecule has 1 fully saturated rings. The molecule has 2 N–H and O–H groups in total. The van der Waals surface area contributed by atoms with E-state index in [9.17, 15) is 14.3 Å². The summed E-state index contributed by atoms with van der Waals surface area (Å²) in [6, 6.07) is 4.79. The monoisotopic (exact) mass is 372 g/mol. The number of rotatable bonds is 5. The Hall–Kier alpha value is -1.14. The number of hydrogen-bond acceptors (Lipinski definition) is 2. The Labute approximate surface area is 138 Å². The van der Waals surface area contributed by atoms with Gasteiger partial charge in [0.1, 0.15) is 5.82 Å². The van der Waals surface area contributed by atoms with Gasteiger partial charge in [-0.1, -0.05) is 28.9 Å². The van der Waals surface area contributed by atoms with E-state index in [1.165, 1.54) is 6.07 Å². The van der Waals surface area contributed by atoms with Gasteiger partial charge in [-0.2, -0.15) is 0 Å². The van der Waals surface area contributed by atoms with Crippen molar-refractivity contribution in [2.45, 2.75) is 32.2 Å². The number of aryl methyl sites for hydroxylation is 1. The van der Waals surface area contributed by atoms with E-state index in [1.54, 1.807) is 11.0 Å². The van der Waals surface area contributed by atoms with Crippen molar-refractivity contribution in [2.24, 2.45) is 5.92 Å². The number of hydrogen-bond donors (Lipinski definition) is 2. The Morgan fingerprint density at radius 3 is 3.00 bits per heavy atom. The van der Waals surface area contributed by atoms with Gasteiger partial charge in [-0.3, -0.25) is 0 Å². The quantitative estimate of drug-likeness (QED) is 0.780. The van der Waals surface area contributed by atoms with Crippen LogP contribution in [0, 0.1) is 11.7 Å². The summed E-state index contributed by atoms with van der Waals surface area (Å²) in [4.78, 5) is 13.8. The third kappa shape index (κ3) is 4.20. The third-order valence-corrected chi connectivity index (χ3v) is 4.74. The van der Waals surface area contributed by atoms with Gasteiger partial charge in [0.2, 0.25) is 0 Å². The van der Waals surface area contributed by atoms with Gasteiger partial charge in [0, 0.05) is 17.6 Å². The van der Waals surface area contributed by atoms with E-state index in [0.29, 0.717) is 37.4 Å². The van der Waals surface area contributed by atoms with Crippen molar-refractivity contribution in [3.05, 3.63) is 34.1 Å². The van der Waals surface area contributed by atoms with Crippen LogP contribution in [0.5, 0.6) is 0 Å². The molecule has 4 nitrogen and oxygen atoms in total. The number of benzene rings is 1. The minimum atomic E-state index is -0.227. The van der Waals surface area contributed by atoms with E-state index in [-0.39, 0.29) is 24.5 Å². The van der Waals surface area contributed by atoms with E-state index in [0.717, 1.165) is 10.9 Å². The predicted molar refractivity (Wildman–Crippen MR) is 87.2 cm³/mol. The van der Waals surface area contributed by atoms with Crippen molar-refractivity contribution in [2.75, 3.05) is 19.7 Å². The number of carbonyl (C=O) groups excluding carboxylic acids is 1. The summed E-state index contributed by atoms with van der Waals surface area (Å²) < 4.78 is 14.4. The first-order valence-corrected chi connectivity index (χ1v) is 8.41. The standard InChI is InChI=1S/C16H22BrFN2O2/c1-11-6-8-20(15(11)10-21)16(22)19-7-2-3-12-4-5-13(17)9-14(12)18/h4-5,9,11,15,21H,2-3,6-8,10H2,1H3,(H,19,22). The molecule has 2 atom stereocenters. The lowest BCUT2D eigenvalue weighted by molar-refractivity contribution is 0.144. The third-order valence-electron chi connectivity index (χ3n) is 4.24. The molecule has 2 amide bonds. The highest BCUT2D eigenvalue weighted by Crippen LogP contribution is 2.23. The lowest BCUT2D eigenvalue weighted by Crippen LogP contribution is -2.45. The van der Waals surface area contributed by atoms with E-state index >= 15 is 0 Å². The van der Waals surface area contributed by atoms with E-state index in [1.807, 2.05) is 13.0 Å². The van der Waals surface area contributed by atoms with E-state index < -0.39 is 0 Å². The molecule has 2 rings (SSSR count). The normalized spacial score (nSPS) is 21.2. The van der Waals surface area contributed by atoms with Crippen molar-refractivity contribution >= 4 is 22.0 Å². The zero-order valence-electron chi connectivity index (χ0n) is 12.7. The predicted octanol–water partition coefficient (Wildman–Crippen LogP) is 2.93. The zero-order valence-corrected chi connectivity index (χ0v) is 14.3. The molecule has 1 aliphatic heterocycles. The van der Waals surface area contributed by atoms with Crippen LogP contribution in [0.15, 0.2) is 22.7 Å². The first-order chi connectivity index (χ1) is 10.5. The number of amides is 2. The van der Waals surface area contributed by atoms with Crippen LogP contribution in [-0.4, -0.2) is 41.8 Å². The van der Waals surface area contributed by atoms with Crippen LogP contribution >= 0.6 is 15.9 Å². The summed E-state index contributed by atoms with van der Waals surface area (Å²) in [5.74, 6) is 0.0991. The van der Waals surface area contributed by atoms with Crippen molar-refractivity contribution in [3.63, 3.8) is 0 Å². The Bertz CT molecular complexity index is 527. The molecular weight excluding hydrogens is 351 g/mol. The van der Waals surface area contributed by atoms with E-state index in [4.69, 9.17) is 0 Å². The van der Waals surface area contributed by atoms with Gasteiger partial charge < -0.3 is 15.3 Å². The first-order valence-electron chi connectivity index (χ1n) is 7.62. The molecule has 0 aliphatic carbocycles. The molecule has 0 aromatic heterocycles. The highest BCUT2D eigenvalue weighted by Gasteiger charge is 2.33. The maximum atomic E-state index is 13.7. The van der Waals surface area contributed by atoms with Crippen molar-refractivity contribution in [1.29, 1.82) is 0 Å². The highest BCUT2D eigenvalue weighted by atomic mass is 79.9. The SMILES string of the molecule is CC1CCN(C(=O)NCCCc2ccc(Br)cc2F)C1CO. The van der Waals surface area contributed by atoms with Crippen LogP contribution in [0.1, 0.15) is 25.3 Å². The first kappa shape index (κ1) is 17.2. The minimum absolute atomic E-state index is 0.00130. The van der Waals surface area contributed by atoms with Crippen LogP contribution in [0.4, 0.5) is 9.18 Å². The molecule has 0 spiro atoms. The fraction of sp³-hybridized carbons (Fsp3) is 0.562. The van der Waals surface area contributed by atoms with E-state index in [2.05, 4.69) is 21.2 Å². The molecule has 1 saturated heterocycles. The Morgan fingerprint density at radius 2 is 2.32 bits per heavy atom. The second-order valence-electron chi connectivity index (χ2n) is 5.78. The number of nitrogens with zero attached hydrogens (tertiary/aromatic N) is 1. The van der Waals surface area contributed by atoms with Gasteiger partial charge in [-0.15, -0.1) is 0 Å². The van der Waals surface area contributed by atoms with Crippen molar-refractivity contribution in [3.8, 4) is 0 Å². The number of halogens is 2. The molecule has 6 heteroatoms.